The lowest BCUT2D eigenvalue weighted by molar-refractivity contribution is -0.113. The molecular formula is C16H15ClFN3OS. The smallest absolute Gasteiger partial charge is 0.234 e. The third-order valence-corrected chi connectivity index (χ3v) is 3.98. The van der Waals surface area contributed by atoms with E-state index in [1.807, 2.05) is 31.2 Å². The Kier molecular flexibility index (Phi) is 5.63. The second-order valence-electron chi connectivity index (χ2n) is 4.88. The van der Waals surface area contributed by atoms with E-state index in [-0.39, 0.29) is 29.8 Å². The maximum absolute atomic E-state index is 13.6. The minimum absolute atomic E-state index is 0. The molecule has 0 aliphatic carbocycles. The average Bonchev–Trinajstić information content (AvgIpc) is 2.92. The summed E-state index contributed by atoms with van der Waals surface area (Å²) < 4.78 is 13.6. The number of nitrogens with zero attached hydrogens (tertiary/aromatic N) is 1. The first-order valence-corrected chi connectivity index (χ1v) is 7.74. The van der Waals surface area contributed by atoms with Gasteiger partial charge in [-0.25, -0.2) is 9.37 Å². The zero-order chi connectivity index (χ0) is 15.5. The lowest BCUT2D eigenvalue weighted by Crippen LogP contribution is -2.15. The molecule has 0 aliphatic heterocycles. The van der Waals surface area contributed by atoms with Crippen LogP contribution in [0.1, 0.15) is 5.56 Å². The van der Waals surface area contributed by atoms with Crippen LogP contribution in [-0.2, 0) is 4.79 Å². The van der Waals surface area contributed by atoms with Crippen molar-refractivity contribution in [2.75, 3.05) is 11.1 Å². The summed E-state index contributed by atoms with van der Waals surface area (Å²) in [4.78, 5) is 19.4. The molecule has 3 aromatic rings. The van der Waals surface area contributed by atoms with Gasteiger partial charge >= 0.3 is 0 Å². The van der Waals surface area contributed by atoms with Crippen molar-refractivity contribution < 1.29 is 9.18 Å². The standard InChI is InChI=1S/C16H14FN3OS.ClH/c1-10-6-7-11(17)14(8-10)18-15(21)9-22-16-19-12-4-2-3-5-13(12)20-16;/h2-8H,9H2,1H3,(H,18,21)(H,19,20);1H. The van der Waals surface area contributed by atoms with Crippen molar-refractivity contribution in [1.29, 1.82) is 0 Å². The molecule has 0 bridgehead atoms. The third-order valence-electron chi connectivity index (χ3n) is 3.10. The van der Waals surface area contributed by atoms with E-state index < -0.39 is 5.82 Å². The zero-order valence-corrected chi connectivity index (χ0v) is 13.9. The van der Waals surface area contributed by atoms with Gasteiger partial charge in [-0.3, -0.25) is 4.79 Å². The van der Waals surface area contributed by atoms with Crippen LogP contribution in [0.5, 0.6) is 0 Å². The highest BCUT2D eigenvalue weighted by molar-refractivity contribution is 7.99. The summed E-state index contributed by atoms with van der Waals surface area (Å²) in [5, 5.41) is 3.25. The van der Waals surface area contributed by atoms with E-state index in [4.69, 9.17) is 0 Å². The molecular weight excluding hydrogens is 337 g/mol. The molecule has 0 atom stereocenters. The van der Waals surface area contributed by atoms with Crippen LogP contribution in [0.2, 0.25) is 0 Å². The number of thioether (sulfide) groups is 1. The first kappa shape index (κ1) is 17.3. The number of aromatic nitrogens is 2. The molecule has 0 saturated carbocycles. The summed E-state index contributed by atoms with van der Waals surface area (Å²) >= 11 is 1.28. The Morgan fingerprint density at radius 2 is 2.09 bits per heavy atom. The zero-order valence-electron chi connectivity index (χ0n) is 12.3. The summed E-state index contributed by atoms with van der Waals surface area (Å²) in [6.45, 7) is 1.85. The maximum atomic E-state index is 13.6. The van der Waals surface area contributed by atoms with Crippen molar-refractivity contribution >= 4 is 46.8 Å². The number of H-pyrrole nitrogens is 1. The number of carbonyl (C=O) groups excluding carboxylic acids is 1. The summed E-state index contributed by atoms with van der Waals surface area (Å²) in [6.07, 6.45) is 0. The Morgan fingerprint density at radius 1 is 1.30 bits per heavy atom. The molecule has 7 heteroatoms. The fourth-order valence-corrected chi connectivity index (χ4v) is 2.74. The van der Waals surface area contributed by atoms with E-state index in [0.29, 0.717) is 5.16 Å². The van der Waals surface area contributed by atoms with Crippen molar-refractivity contribution in [1.82, 2.24) is 9.97 Å². The van der Waals surface area contributed by atoms with Crippen LogP contribution in [0, 0.1) is 12.7 Å². The van der Waals surface area contributed by atoms with Crippen LogP contribution in [0.25, 0.3) is 11.0 Å². The molecule has 2 aromatic carbocycles. The van der Waals surface area contributed by atoms with Crippen LogP contribution >= 0.6 is 24.2 Å². The van der Waals surface area contributed by atoms with Gasteiger partial charge in [0.1, 0.15) is 5.82 Å². The Labute approximate surface area is 143 Å². The van der Waals surface area contributed by atoms with Gasteiger partial charge < -0.3 is 10.3 Å². The summed E-state index contributed by atoms with van der Waals surface area (Å²) in [5.74, 6) is -0.546. The van der Waals surface area contributed by atoms with Crippen molar-refractivity contribution in [3.05, 3.63) is 53.8 Å². The number of nitrogens with one attached hydrogen (secondary N) is 2. The van der Waals surface area contributed by atoms with Gasteiger partial charge in [-0.1, -0.05) is 30.0 Å². The van der Waals surface area contributed by atoms with Gasteiger partial charge in [-0.05, 0) is 36.8 Å². The van der Waals surface area contributed by atoms with Crippen LogP contribution in [0.3, 0.4) is 0 Å². The number of hydrogen-bond acceptors (Lipinski definition) is 3. The van der Waals surface area contributed by atoms with Gasteiger partial charge in [-0.2, -0.15) is 0 Å². The number of imidazole rings is 1. The van der Waals surface area contributed by atoms with Gasteiger partial charge in [0, 0.05) is 0 Å². The Morgan fingerprint density at radius 3 is 2.87 bits per heavy atom. The van der Waals surface area contributed by atoms with Gasteiger partial charge in [0.05, 0.1) is 22.5 Å². The summed E-state index contributed by atoms with van der Waals surface area (Å²) in [5.41, 5.74) is 2.88. The monoisotopic (exact) mass is 351 g/mol. The number of hydrogen-bond donors (Lipinski definition) is 2. The molecule has 0 radical (unpaired) electrons. The largest absolute Gasteiger partial charge is 0.333 e. The molecule has 0 unspecified atom stereocenters. The molecule has 0 aliphatic rings. The molecule has 0 fully saturated rings. The molecule has 1 aromatic heterocycles. The Hall–Kier alpha value is -2.05. The maximum Gasteiger partial charge on any atom is 0.234 e. The van der Waals surface area contributed by atoms with E-state index in [1.54, 1.807) is 12.1 Å². The topological polar surface area (TPSA) is 57.8 Å². The lowest BCUT2D eigenvalue weighted by atomic mass is 10.2. The second-order valence-corrected chi connectivity index (χ2v) is 5.84. The molecule has 3 rings (SSSR count). The number of carbonyl (C=O) groups is 1. The predicted octanol–water partition coefficient (Wildman–Crippen LogP) is 4.16. The highest BCUT2D eigenvalue weighted by atomic mass is 35.5. The number of rotatable bonds is 4. The molecule has 1 heterocycles. The van der Waals surface area contributed by atoms with E-state index in [9.17, 15) is 9.18 Å². The quantitative estimate of drug-likeness (QED) is 0.694. The molecule has 0 saturated heterocycles. The second kappa shape index (κ2) is 7.48. The lowest BCUT2D eigenvalue weighted by Gasteiger charge is -2.06. The van der Waals surface area contributed by atoms with Crippen LogP contribution in [0.15, 0.2) is 47.6 Å². The molecule has 4 nitrogen and oxygen atoms in total. The van der Waals surface area contributed by atoms with Gasteiger partial charge in [0.25, 0.3) is 0 Å². The van der Waals surface area contributed by atoms with E-state index >= 15 is 0 Å². The van der Waals surface area contributed by atoms with Crippen LogP contribution in [-0.4, -0.2) is 21.6 Å². The Bertz CT molecular complexity index is 804. The van der Waals surface area contributed by atoms with E-state index in [0.717, 1.165) is 16.6 Å². The van der Waals surface area contributed by atoms with Crippen LogP contribution < -0.4 is 5.32 Å². The average molecular weight is 352 g/mol. The number of anilines is 1. The number of aromatic amines is 1. The highest BCUT2D eigenvalue weighted by Gasteiger charge is 2.09. The third kappa shape index (κ3) is 4.24. The van der Waals surface area contributed by atoms with Gasteiger partial charge in [-0.15, -0.1) is 12.4 Å². The number of amides is 1. The Balaban J connectivity index is 0.00000192. The minimum atomic E-state index is -0.437. The van der Waals surface area contributed by atoms with Crippen molar-refractivity contribution in [3.63, 3.8) is 0 Å². The van der Waals surface area contributed by atoms with Gasteiger partial charge in [0.2, 0.25) is 5.91 Å². The normalized spacial score (nSPS) is 10.3. The number of halogens is 2. The highest BCUT2D eigenvalue weighted by Crippen LogP contribution is 2.20. The fraction of sp³-hybridized carbons (Fsp3) is 0.125. The number of aryl methyl sites for hydroxylation is 1. The van der Waals surface area contributed by atoms with E-state index in [2.05, 4.69) is 15.3 Å². The summed E-state index contributed by atoms with van der Waals surface area (Å²) in [7, 11) is 0. The molecule has 23 heavy (non-hydrogen) atoms. The van der Waals surface area contributed by atoms with Gasteiger partial charge in [0.15, 0.2) is 5.16 Å². The number of fused-ring (bicyclic) bond motifs is 1. The molecule has 2 N–H and O–H groups in total. The van der Waals surface area contributed by atoms with Crippen molar-refractivity contribution in [2.45, 2.75) is 12.1 Å². The molecule has 1 amide bonds. The SMILES string of the molecule is Cc1ccc(F)c(NC(=O)CSc2nc3ccccc3[nH]2)c1.Cl. The number of benzene rings is 2. The van der Waals surface area contributed by atoms with Crippen LogP contribution in [0.4, 0.5) is 10.1 Å². The predicted molar refractivity (Wildman–Crippen MR) is 93.8 cm³/mol. The van der Waals surface area contributed by atoms with Crippen molar-refractivity contribution in [2.24, 2.45) is 0 Å². The first-order chi connectivity index (χ1) is 10.6. The molecule has 120 valence electrons. The fourth-order valence-electron chi connectivity index (χ4n) is 2.05. The molecule has 0 spiro atoms. The van der Waals surface area contributed by atoms with E-state index in [1.165, 1.54) is 17.8 Å². The first-order valence-electron chi connectivity index (χ1n) is 6.75. The number of para-hydroxylation sites is 2. The minimum Gasteiger partial charge on any atom is -0.333 e. The van der Waals surface area contributed by atoms with Crippen molar-refractivity contribution in [3.8, 4) is 0 Å². The summed E-state index contributed by atoms with van der Waals surface area (Å²) in [6, 6.07) is 12.3.